The Hall–Kier alpha value is -5.23. The van der Waals surface area contributed by atoms with Gasteiger partial charge in [-0.15, -0.1) is 0 Å². The molecule has 14 heteroatoms. The van der Waals surface area contributed by atoms with E-state index in [0.29, 0.717) is 5.75 Å². The molecule has 2 aliphatic heterocycles. The summed E-state index contributed by atoms with van der Waals surface area (Å²) in [6, 6.07) is 45.5. The average molecular weight is 977 g/mol. The van der Waals surface area contributed by atoms with E-state index >= 15 is 0 Å². The van der Waals surface area contributed by atoms with Crippen molar-refractivity contribution < 1.29 is 61.7 Å². The van der Waals surface area contributed by atoms with E-state index in [9.17, 15) is 9.90 Å². The number of carbonyl (C=O) groups is 1. The first-order chi connectivity index (χ1) is 33.8. The first-order valence-electron chi connectivity index (χ1n) is 23.6. The SMILES string of the molecule is C=CC1(C(=O)OC)O[C@@H](O[C@H]2C(CO[Si](c3ccccc3)(c3ccccc3)C(C)(C)C)O[C@@H](C)C(OCc3ccc(OC)cc3)[C@H]2OCc2ccc(OC)cc2)C(OCc2ccccc2)[C@@H](OC)[C@H]1O. The standard InChI is InChI=1S/C56H68O13Si/c1-10-56(54(58)62-9)52(57)50(61-8)51(65-34-39-20-14-11-15-21-39)53(69-56)68-48-46(37-66-70(55(3,4)5,44-22-16-12-17-23-44)45-24-18-13-19-25-45)67-38(2)47(63-35-40-26-30-42(59-6)31-27-40)49(48)64-36-41-28-32-43(60-7)33-29-41/h10-33,38,46-53,57H,1,34-37H2,2-9H3/t38-,46?,47?,48-,49+,50+,51?,52+,53+,56?/m0/s1. The highest BCUT2D eigenvalue weighted by molar-refractivity contribution is 6.99. The van der Waals surface area contributed by atoms with Crippen molar-refractivity contribution >= 4 is 24.7 Å². The fraction of sp³-hybridized carbons (Fsp3) is 0.411. The zero-order valence-corrected chi connectivity index (χ0v) is 42.4. The predicted molar refractivity (Wildman–Crippen MR) is 268 cm³/mol. The van der Waals surface area contributed by atoms with Crippen LogP contribution in [0.2, 0.25) is 5.04 Å². The van der Waals surface area contributed by atoms with Gasteiger partial charge in [-0.3, -0.25) is 0 Å². The Balaban J connectivity index is 1.36. The molecule has 5 aromatic carbocycles. The van der Waals surface area contributed by atoms with Crippen LogP contribution >= 0.6 is 0 Å². The third-order valence-corrected chi connectivity index (χ3v) is 18.3. The molecule has 13 nitrogen and oxygen atoms in total. The van der Waals surface area contributed by atoms with Crippen LogP contribution in [0.15, 0.2) is 152 Å². The number of aliphatic hydroxyl groups excluding tert-OH is 1. The molecule has 2 fully saturated rings. The van der Waals surface area contributed by atoms with E-state index in [4.69, 9.17) is 51.8 Å². The van der Waals surface area contributed by atoms with Gasteiger partial charge in [-0.1, -0.05) is 143 Å². The molecule has 0 amide bonds. The topological polar surface area (TPSA) is 139 Å². The van der Waals surface area contributed by atoms with Crippen molar-refractivity contribution in [2.45, 2.75) is 113 Å². The van der Waals surface area contributed by atoms with Gasteiger partial charge in [0.2, 0.25) is 5.60 Å². The lowest BCUT2D eigenvalue weighted by molar-refractivity contribution is -0.362. The summed E-state index contributed by atoms with van der Waals surface area (Å²) in [5, 5.41) is 13.8. The molecule has 0 spiro atoms. The van der Waals surface area contributed by atoms with Gasteiger partial charge in [0.1, 0.15) is 54.2 Å². The van der Waals surface area contributed by atoms with E-state index in [1.54, 1.807) is 14.2 Å². The third kappa shape index (κ3) is 11.4. The van der Waals surface area contributed by atoms with E-state index in [2.05, 4.69) is 51.6 Å². The van der Waals surface area contributed by atoms with Crippen LogP contribution in [0.4, 0.5) is 0 Å². The first kappa shape index (κ1) is 52.6. The van der Waals surface area contributed by atoms with Crippen molar-refractivity contribution in [1.29, 1.82) is 0 Å². The van der Waals surface area contributed by atoms with E-state index in [1.165, 1.54) is 20.3 Å². The van der Waals surface area contributed by atoms with E-state index in [1.807, 2.05) is 122 Å². The molecule has 374 valence electrons. The van der Waals surface area contributed by atoms with Crippen molar-refractivity contribution in [3.8, 4) is 11.5 Å². The third-order valence-electron chi connectivity index (χ3n) is 13.3. The van der Waals surface area contributed by atoms with Gasteiger partial charge in [0, 0.05) is 7.11 Å². The quantitative estimate of drug-likeness (QED) is 0.0447. The van der Waals surface area contributed by atoms with Crippen LogP contribution in [0.25, 0.3) is 0 Å². The molecule has 1 N–H and O–H groups in total. The molecular formula is C56H68O13Si. The van der Waals surface area contributed by atoms with Gasteiger partial charge in [0.25, 0.3) is 8.32 Å². The van der Waals surface area contributed by atoms with Gasteiger partial charge in [-0.05, 0) is 69.4 Å². The molecule has 0 radical (unpaired) electrons. The normalized spacial score (nSPS) is 26.0. The highest BCUT2D eigenvalue weighted by Gasteiger charge is 2.61. The minimum atomic E-state index is -3.18. The van der Waals surface area contributed by atoms with Gasteiger partial charge >= 0.3 is 5.97 Å². The fourth-order valence-electron chi connectivity index (χ4n) is 9.56. The second kappa shape index (κ2) is 23.8. The number of aliphatic hydroxyl groups is 1. The molecule has 0 aromatic heterocycles. The Labute approximate surface area is 413 Å². The molecule has 0 bridgehead atoms. The smallest absolute Gasteiger partial charge is 0.345 e. The number of benzene rings is 5. The molecule has 70 heavy (non-hydrogen) atoms. The van der Waals surface area contributed by atoms with Crippen molar-refractivity contribution in [3.63, 3.8) is 0 Å². The number of hydrogen-bond acceptors (Lipinski definition) is 13. The maximum Gasteiger partial charge on any atom is 0.345 e. The molecule has 2 heterocycles. The highest BCUT2D eigenvalue weighted by Crippen LogP contribution is 2.41. The van der Waals surface area contributed by atoms with Crippen LogP contribution in [-0.4, -0.2) is 115 Å². The lowest BCUT2D eigenvalue weighted by Crippen LogP contribution is -2.71. The second-order valence-electron chi connectivity index (χ2n) is 18.6. The van der Waals surface area contributed by atoms with Crippen LogP contribution in [-0.2, 0) is 66.9 Å². The molecule has 10 atom stereocenters. The summed E-state index contributed by atoms with van der Waals surface area (Å²) in [5.41, 5.74) is 0.468. The van der Waals surface area contributed by atoms with Gasteiger partial charge in [0.15, 0.2) is 6.29 Å². The Bertz CT molecular complexity index is 2340. The minimum absolute atomic E-state index is 0.0398. The maximum atomic E-state index is 13.8. The number of carbonyl (C=O) groups excluding carboxylic acids is 1. The number of esters is 1. The molecule has 4 unspecified atom stereocenters. The van der Waals surface area contributed by atoms with Crippen LogP contribution in [0.1, 0.15) is 44.4 Å². The summed E-state index contributed by atoms with van der Waals surface area (Å²) >= 11 is 0. The van der Waals surface area contributed by atoms with Gasteiger partial charge in [0.05, 0.1) is 53.9 Å². The summed E-state index contributed by atoms with van der Waals surface area (Å²) in [4.78, 5) is 13.8. The monoisotopic (exact) mass is 976 g/mol. The van der Waals surface area contributed by atoms with Crippen molar-refractivity contribution in [2.75, 3.05) is 35.0 Å². The molecule has 0 aliphatic carbocycles. The Kier molecular flexibility index (Phi) is 17.9. The Morgan fingerprint density at radius 2 is 1.13 bits per heavy atom. The van der Waals surface area contributed by atoms with E-state index in [-0.39, 0.29) is 31.5 Å². The zero-order chi connectivity index (χ0) is 49.9. The summed E-state index contributed by atoms with van der Waals surface area (Å²) in [6.45, 7) is 13.0. The number of hydrogen-bond donors (Lipinski definition) is 1. The summed E-state index contributed by atoms with van der Waals surface area (Å²) in [7, 11) is 2.71. The second-order valence-corrected chi connectivity index (χ2v) is 22.9. The molecule has 5 aromatic rings. The maximum absolute atomic E-state index is 13.8. The van der Waals surface area contributed by atoms with Crippen LogP contribution in [0, 0.1) is 0 Å². The number of rotatable bonds is 21. The van der Waals surface area contributed by atoms with Crippen molar-refractivity contribution in [3.05, 3.63) is 169 Å². The fourth-order valence-corrected chi connectivity index (χ4v) is 14.1. The van der Waals surface area contributed by atoms with Crippen LogP contribution in [0.5, 0.6) is 11.5 Å². The van der Waals surface area contributed by atoms with Gasteiger partial charge in [-0.2, -0.15) is 0 Å². The zero-order valence-electron chi connectivity index (χ0n) is 41.4. The van der Waals surface area contributed by atoms with E-state index in [0.717, 1.165) is 32.8 Å². The summed E-state index contributed by atoms with van der Waals surface area (Å²) in [5.74, 6) is 0.517. The largest absolute Gasteiger partial charge is 0.497 e. The Morgan fingerprint density at radius 3 is 1.59 bits per heavy atom. The molecular weight excluding hydrogens is 909 g/mol. The van der Waals surface area contributed by atoms with Crippen molar-refractivity contribution in [2.24, 2.45) is 0 Å². The average Bonchev–Trinajstić information content (AvgIpc) is 3.39. The lowest BCUT2D eigenvalue weighted by atomic mass is 9.86. The lowest BCUT2D eigenvalue weighted by Gasteiger charge is -2.51. The molecule has 0 saturated carbocycles. The molecule has 2 aliphatic rings. The first-order valence-corrected chi connectivity index (χ1v) is 25.5. The highest BCUT2D eigenvalue weighted by atomic mass is 28.4. The minimum Gasteiger partial charge on any atom is -0.497 e. The molecule has 2 saturated heterocycles. The van der Waals surface area contributed by atoms with Crippen molar-refractivity contribution in [1.82, 2.24) is 0 Å². The van der Waals surface area contributed by atoms with Crippen LogP contribution < -0.4 is 19.8 Å². The number of methoxy groups -OCH3 is 4. The van der Waals surface area contributed by atoms with Crippen LogP contribution in [0.3, 0.4) is 0 Å². The summed E-state index contributed by atoms with van der Waals surface area (Å²) in [6.07, 6.45) is -8.24. The van der Waals surface area contributed by atoms with Gasteiger partial charge < -0.3 is 56.9 Å². The molecule has 7 rings (SSSR count). The Morgan fingerprint density at radius 1 is 0.657 bits per heavy atom. The summed E-state index contributed by atoms with van der Waals surface area (Å²) < 4.78 is 71.4. The van der Waals surface area contributed by atoms with E-state index < -0.39 is 75.0 Å². The number of ether oxygens (including phenoxy) is 10. The van der Waals surface area contributed by atoms with Gasteiger partial charge in [-0.25, -0.2) is 4.79 Å². The predicted octanol–water partition coefficient (Wildman–Crippen LogP) is 7.34.